The van der Waals surface area contributed by atoms with Crippen LogP contribution in [0.5, 0.6) is 0 Å². The Balaban J connectivity index is -0.0000000910. The van der Waals surface area contributed by atoms with E-state index in [2.05, 4.69) is 19.8 Å². The maximum Gasteiger partial charge on any atom is 2.00 e. The Bertz CT molecular complexity index is 59.6. The minimum Gasteiger partial charge on any atom is -0.694 e. The van der Waals surface area contributed by atoms with Crippen LogP contribution in [0.3, 0.4) is 0 Å². The van der Waals surface area contributed by atoms with Crippen LogP contribution in [0, 0.1) is 19.3 Å². The Morgan fingerprint density at radius 3 is 1.70 bits per heavy atom. The van der Waals surface area contributed by atoms with Gasteiger partial charge in [0.25, 0.3) is 0 Å². The average Bonchev–Trinajstić information content (AvgIpc) is 1.91. The van der Waals surface area contributed by atoms with Gasteiger partial charge in [-0.3, -0.25) is 0 Å². The van der Waals surface area contributed by atoms with E-state index in [0.29, 0.717) is 0 Å². The molecule has 0 rings (SSSR count). The van der Waals surface area contributed by atoms with Gasteiger partial charge in [-0.15, -0.1) is 0 Å². The molecule has 0 heterocycles. The van der Waals surface area contributed by atoms with Crippen molar-refractivity contribution in [2.45, 2.75) is 39.5 Å². The zero-order chi connectivity index (χ0) is 7.54. The van der Waals surface area contributed by atoms with Gasteiger partial charge in [-0.05, 0) is 12.8 Å². The van der Waals surface area contributed by atoms with Gasteiger partial charge in [0.2, 0.25) is 0 Å². The third-order valence-electron chi connectivity index (χ3n) is 0.729. The summed E-state index contributed by atoms with van der Waals surface area (Å²) in [5, 5.41) is 0. The molecule has 0 aliphatic heterocycles. The van der Waals surface area contributed by atoms with Gasteiger partial charge in [-0.2, -0.15) is 6.42 Å². The van der Waals surface area contributed by atoms with Crippen molar-refractivity contribution in [2.24, 2.45) is 0 Å². The summed E-state index contributed by atoms with van der Waals surface area (Å²) in [4.78, 5) is 0. The van der Waals surface area contributed by atoms with Gasteiger partial charge in [-0.25, -0.2) is 0 Å². The van der Waals surface area contributed by atoms with Crippen molar-refractivity contribution in [1.29, 1.82) is 0 Å². The summed E-state index contributed by atoms with van der Waals surface area (Å²) in [5.74, 6) is 2.27. The first-order chi connectivity index (χ1) is 4.33. The Labute approximate surface area is 76.3 Å². The average molecular weight is 188 g/mol. The van der Waals surface area contributed by atoms with E-state index < -0.39 is 0 Å². The van der Waals surface area contributed by atoms with Crippen LogP contribution in [-0.2, 0) is 17.1 Å². The zero-order valence-electron chi connectivity index (χ0n) is 6.84. The fourth-order valence-corrected chi connectivity index (χ4v) is 0.125. The Morgan fingerprint density at radius 2 is 1.70 bits per heavy atom. The smallest absolute Gasteiger partial charge is 0.694 e. The number of rotatable bonds is 2. The van der Waals surface area contributed by atoms with Crippen molar-refractivity contribution in [3.63, 3.8) is 0 Å². The van der Waals surface area contributed by atoms with Crippen LogP contribution in [0.2, 0.25) is 0 Å². The van der Waals surface area contributed by atoms with E-state index >= 15 is 0 Å². The standard InChI is InChI=1S/C5H7.C4H9.Cu/c1-3-5-4-2;1-3-4-2;/h3,5H2,1H3;1,3-4H2,2H3;/q2*-1;+2. The second-order valence-corrected chi connectivity index (χ2v) is 1.78. The van der Waals surface area contributed by atoms with Crippen LogP contribution >= 0.6 is 0 Å². The van der Waals surface area contributed by atoms with E-state index in [0.717, 1.165) is 19.3 Å². The summed E-state index contributed by atoms with van der Waals surface area (Å²) in [6.45, 7) is 7.75. The van der Waals surface area contributed by atoms with Gasteiger partial charge in [0.1, 0.15) is 0 Å². The molecular weight excluding hydrogens is 172 g/mol. The van der Waals surface area contributed by atoms with Gasteiger partial charge < -0.3 is 19.3 Å². The van der Waals surface area contributed by atoms with E-state index in [4.69, 9.17) is 6.42 Å². The summed E-state index contributed by atoms with van der Waals surface area (Å²) in [6.07, 6.45) is 10.5. The molecule has 0 aliphatic rings. The van der Waals surface area contributed by atoms with Crippen LogP contribution in [0.25, 0.3) is 0 Å². The molecule has 0 aliphatic carbocycles. The largest absolute Gasteiger partial charge is 2.00 e. The molecule has 0 nitrogen and oxygen atoms in total. The molecule has 63 valence electrons. The summed E-state index contributed by atoms with van der Waals surface area (Å²) in [5.41, 5.74) is 0. The van der Waals surface area contributed by atoms with E-state index in [9.17, 15) is 0 Å². The first-order valence-corrected chi connectivity index (χ1v) is 3.52. The Hall–Kier alpha value is 0.0795. The summed E-state index contributed by atoms with van der Waals surface area (Å²) in [6, 6.07) is 0. The van der Waals surface area contributed by atoms with E-state index in [1.807, 2.05) is 6.92 Å². The van der Waals surface area contributed by atoms with Gasteiger partial charge >= 0.3 is 17.1 Å². The second-order valence-electron chi connectivity index (χ2n) is 1.78. The minimum absolute atomic E-state index is 0. The third-order valence-corrected chi connectivity index (χ3v) is 0.729. The van der Waals surface area contributed by atoms with Gasteiger partial charge in [0.15, 0.2) is 0 Å². The molecule has 1 heteroatoms. The normalized spacial score (nSPS) is 6.20. The van der Waals surface area contributed by atoms with Crippen LogP contribution < -0.4 is 0 Å². The maximum absolute atomic E-state index is 6.35. The van der Waals surface area contributed by atoms with Gasteiger partial charge in [0.05, 0.1) is 0 Å². The first kappa shape index (κ1) is 16.6. The monoisotopic (exact) mass is 187 g/mol. The summed E-state index contributed by atoms with van der Waals surface area (Å²) >= 11 is 0. The fraction of sp³-hybridized carbons (Fsp3) is 0.667. The van der Waals surface area contributed by atoms with Crippen LogP contribution in [-0.4, -0.2) is 0 Å². The first-order valence-electron chi connectivity index (χ1n) is 3.52. The summed E-state index contributed by atoms with van der Waals surface area (Å²) < 4.78 is 0. The minimum atomic E-state index is 0. The van der Waals surface area contributed by atoms with E-state index in [1.165, 1.54) is 6.42 Å². The van der Waals surface area contributed by atoms with Crippen LogP contribution in [0.4, 0.5) is 0 Å². The van der Waals surface area contributed by atoms with Crippen molar-refractivity contribution in [3.8, 4) is 5.92 Å². The molecule has 0 aromatic carbocycles. The zero-order valence-corrected chi connectivity index (χ0v) is 7.78. The molecule has 0 saturated heterocycles. The van der Waals surface area contributed by atoms with E-state index in [1.54, 1.807) is 0 Å². The Morgan fingerprint density at radius 1 is 1.30 bits per heavy atom. The molecule has 0 bridgehead atoms. The van der Waals surface area contributed by atoms with Crippen molar-refractivity contribution in [2.75, 3.05) is 0 Å². The molecule has 0 spiro atoms. The predicted octanol–water partition coefficient (Wildman–Crippen LogP) is 2.99. The molecule has 0 aromatic rings. The quantitative estimate of drug-likeness (QED) is 0.354. The third kappa shape index (κ3) is 42.7. The van der Waals surface area contributed by atoms with E-state index in [-0.39, 0.29) is 17.1 Å². The maximum atomic E-state index is 6.35. The summed E-state index contributed by atoms with van der Waals surface area (Å²) in [7, 11) is 0. The van der Waals surface area contributed by atoms with Crippen LogP contribution in [0.15, 0.2) is 0 Å². The fourth-order valence-electron chi connectivity index (χ4n) is 0.125. The van der Waals surface area contributed by atoms with Crippen molar-refractivity contribution >= 4 is 0 Å². The predicted molar refractivity (Wildman–Crippen MR) is 42.3 cm³/mol. The van der Waals surface area contributed by atoms with Crippen LogP contribution in [0.1, 0.15) is 39.5 Å². The molecular formula is C9H16Cu. The van der Waals surface area contributed by atoms with Crippen molar-refractivity contribution in [1.82, 2.24) is 0 Å². The Kier molecular flexibility index (Phi) is 38.1. The second kappa shape index (κ2) is 23.0. The molecule has 0 N–H and O–H groups in total. The van der Waals surface area contributed by atoms with Crippen molar-refractivity contribution in [3.05, 3.63) is 13.3 Å². The number of hydrogen-bond donors (Lipinski definition) is 0. The molecule has 1 radical (unpaired) electrons. The molecule has 0 unspecified atom stereocenters. The SMILES string of the molecule is [C-]#CCCC.[CH2-]CCC.[Cu+2]. The number of unbranched alkanes of at least 4 members (excludes halogenated alkanes) is 2. The molecule has 0 fully saturated rings. The molecule has 10 heavy (non-hydrogen) atoms. The van der Waals surface area contributed by atoms with Gasteiger partial charge in [0, 0.05) is 0 Å². The topological polar surface area (TPSA) is 0 Å². The molecule has 0 aromatic heterocycles. The number of hydrogen-bond acceptors (Lipinski definition) is 0. The van der Waals surface area contributed by atoms with Gasteiger partial charge in [-0.1, -0.05) is 20.3 Å². The molecule has 0 amide bonds. The molecule has 0 atom stereocenters. The van der Waals surface area contributed by atoms with Crippen molar-refractivity contribution < 1.29 is 17.1 Å². The molecule has 0 saturated carbocycles.